The summed E-state index contributed by atoms with van der Waals surface area (Å²) in [5.74, 6) is 1.19. The van der Waals surface area contributed by atoms with Gasteiger partial charge in [-0.3, -0.25) is 0 Å². The van der Waals surface area contributed by atoms with Crippen LogP contribution in [0.3, 0.4) is 0 Å². The molecule has 0 unspecified atom stereocenters. The van der Waals surface area contributed by atoms with Crippen LogP contribution in [-0.2, 0) is 20.8 Å². The van der Waals surface area contributed by atoms with Crippen molar-refractivity contribution in [2.75, 3.05) is 27.9 Å². The van der Waals surface area contributed by atoms with E-state index in [2.05, 4.69) is 6.92 Å². The van der Waals surface area contributed by atoms with E-state index in [1.54, 1.807) is 21.3 Å². The third-order valence-electron chi connectivity index (χ3n) is 4.39. The number of hydrogen-bond donors (Lipinski definition) is 1. The molecule has 1 aromatic carbocycles. The molecule has 1 rings (SSSR count). The first-order valence-electron chi connectivity index (χ1n) is 8.46. The Bertz CT molecular complexity index is 430. The molecular formula is C19H32O5. The molecule has 0 radical (unpaired) electrons. The number of hydrogen-bond acceptors (Lipinski definition) is 5. The lowest BCUT2D eigenvalue weighted by Gasteiger charge is -2.29. The Hall–Kier alpha value is -1.14. The Morgan fingerprint density at radius 2 is 1.54 bits per heavy atom. The van der Waals surface area contributed by atoms with Crippen LogP contribution in [0.5, 0.6) is 5.75 Å². The van der Waals surface area contributed by atoms with Crippen molar-refractivity contribution < 1.29 is 24.1 Å². The third-order valence-corrected chi connectivity index (χ3v) is 4.39. The molecule has 0 spiro atoms. The molecule has 0 heterocycles. The minimum absolute atomic E-state index is 0.0218. The van der Waals surface area contributed by atoms with Gasteiger partial charge in [0.2, 0.25) is 0 Å². The highest BCUT2D eigenvalue weighted by molar-refractivity contribution is 5.26. The van der Waals surface area contributed by atoms with Crippen molar-refractivity contribution >= 4 is 0 Å². The zero-order valence-corrected chi connectivity index (χ0v) is 15.5. The quantitative estimate of drug-likeness (QED) is 0.592. The van der Waals surface area contributed by atoms with Crippen molar-refractivity contribution in [2.24, 2.45) is 11.8 Å². The summed E-state index contributed by atoms with van der Waals surface area (Å²) >= 11 is 0. The molecule has 24 heavy (non-hydrogen) atoms. The molecule has 0 aromatic heterocycles. The van der Waals surface area contributed by atoms with Crippen LogP contribution in [0.2, 0.25) is 0 Å². The monoisotopic (exact) mass is 340 g/mol. The average molecular weight is 340 g/mol. The highest BCUT2D eigenvalue weighted by atomic mass is 16.7. The Morgan fingerprint density at radius 3 is 2.04 bits per heavy atom. The minimum Gasteiger partial charge on any atom is -0.497 e. The van der Waals surface area contributed by atoms with Gasteiger partial charge in [0, 0.05) is 26.7 Å². The van der Waals surface area contributed by atoms with Gasteiger partial charge >= 0.3 is 0 Å². The highest BCUT2D eigenvalue weighted by Gasteiger charge is 2.25. The highest BCUT2D eigenvalue weighted by Crippen LogP contribution is 2.24. The Morgan fingerprint density at radius 1 is 0.917 bits per heavy atom. The summed E-state index contributed by atoms with van der Waals surface area (Å²) in [6.07, 6.45) is 1.49. The molecule has 0 aliphatic heterocycles. The molecule has 1 aromatic rings. The van der Waals surface area contributed by atoms with Crippen LogP contribution in [0, 0.1) is 11.8 Å². The molecular weight excluding hydrogens is 308 g/mol. The lowest BCUT2D eigenvalue weighted by atomic mass is 9.90. The van der Waals surface area contributed by atoms with Crippen molar-refractivity contribution in [1.82, 2.24) is 0 Å². The van der Waals surface area contributed by atoms with E-state index in [0.29, 0.717) is 6.61 Å². The van der Waals surface area contributed by atoms with Crippen LogP contribution in [0.15, 0.2) is 24.3 Å². The molecule has 3 atom stereocenters. The van der Waals surface area contributed by atoms with Gasteiger partial charge in [-0.2, -0.15) is 0 Å². The van der Waals surface area contributed by atoms with Gasteiger partial charge in [0.1, 0.15) is 5.75 Å². The summed E-state index contributed by atoms with van der Waals surface area (Å²) in [5.41, 5.74) is 1.09. The maximum atomic E-state index is 9.54. The van der Waals surface area contributed by atoms with E-state index in [-0.39, 0.29) is 30.8 Å². The second kappa shape index (κ2) is 11.4. The normalized spacial score (nSPS) is 15.3. The molecule has 1 N–H and O–H groups in total. The Balaban J connectivity index is 2.60. The van der Waals surface area contributed by atoms with E-state index in [0.717, 1.165) is 24.2 Å². The Labute approximate surface area is 145 Å². The molecule has 0 aliphatic rings. The zero-order chi connectivity index (χ0) is 17.9. The van der Waals surface area contributed by atoms with Crippen LogP contribution in [0.4, 0.5) is 0 Å². The maximum absolute atomic E-state index is 9.54. The van der Waals surface area contributed by atoms with Crippen molar-refractivity contribution in [1.29, 1.82) is 0 Å². The van der Waals surface area contributed by atoms with E-state index in [1.807, 2.05) is 31.2 Å². The molecule has 0 bridgehead atoms. The van der Waals surface area contributed by atoms with Gasteiger partial charge in [0.25, 0.3) is 0 Å². The first-order valence-corrected chi connectivity index (χ1v) is 8.46. The van der Waals surface area contributed by atoms with Crippen LogP contribution >= 0.6 is 0 Å². The summed E-state index contributed by atoms with van der Waals surface area (Å²) in [4.78, 5) is 0. The van der Waals surface area contributed by atoms with Gasteiger partial charge in [0.05, 0.1) is 19.8 Å². The summed E-state index contributed by atoms with van der Waals surface area (Å²) in [5, 5.41) is 9.54. The predicted octanol–water partition coefficient (Wildman–Crippen LogP) is 3.24. The molecule has 5 nitrogen and oxygen atoms in total. The van der Waals surface area contributed by atoms with Crippen molar-refractivity contribution in [3.05, 3.63) is 29.8 Å². The van der Waals surface area contributed by atoms with Gasteiger partial charge in [-0.15, -0.1) is 0 Å². The fourth-order valence-electron chi connectivity index (χ4n) is 2.80. The summed E-state index contributed by atoms with van der Waals surface area (Å²) in [7, 11) is 4.94. The maximum Gasteiger partial charge on any atom is 0.156 e. The number of aliphatic hydroxyl groups is 1. The van der Waals surface area contributed by atoms with Crippen LogP contribution in [0.1, 0.15) is 32.3 Å². The van der Waals surface area contributed by atoms with Gasteiger partial charge < -0.3 is 24.1 Å². The topological polar surface area (TPSA) is 57.2 Å². The van der Waals surface area contributed by atoms with Crippen molar-refractivity contribution in [2.45, 2.75) is 45.7 Å². The molecule has 0 fully saturated rings. The lowest BCUT2D eigenvalue weighted by Crippen LogP contribution is -2.32. The summed E-state index contributed by atoms with van der Waals surface area (Å²) < 4.78 is 21.8. The molecule has 5 heteroatoms. The van der Waals surface area contributed by atoms with E-state index in [9.17, 15) is 5.11 Å². The van der Waals surface area contributed by atoms with E-state index in [1.165, 1.54) is 0 Å². The molecule has 0 aliphatic carbocycles. The Kier molecular flexibility index (Phi) is 9.95. The van der Waals surface area contributed by atoms with Crippen molar-refractivity contribution in [3.8, 4) is 5.75 Å². The lowest BCUT2D eigenvalue weighted by molar-refractivity contribution is -0.113. The smallest absolute Gasteiger partial charge is 0.156 e. The molecule has 0 saturated carbocycles. The van der Waals surface area contributed by atoms with Gasteiger partial charge in [-0.1, -0.05) is 26.0 Å². The van der Waals surface area contributed by atoms with Crippen LogP contribution < -0.4 is 4.74 Å². The molecule has 0 saturated heterocycles. The number of rotatable bonds is 12. The standard InChI is InChI=1S/C19H32O5/c1-14(6-11-18(22-4)23-5)19(15(2)12-20)24-13-16-7-9-17(21-3)10-8-16/h7-10,14-15,18-20H,6,11-13H2,1-5H3/t14-,15-,19+/m1/s1. The van der Waals surface area contributed by atoms with Crippen LogP contribution in [-0.4, -0.2) is 45.4 Å². The molecule has 138 valence electrons. The van der Waals surface area contributed by atoms with E-state index in [4.69, 9.17) is 18.9 Å². The minimum atomic E-state index is -0.195. The fourth-order valence-corrected chi connectivity index (χ4v) is 2.80. The van der Waals surface area contributed by atoms with Gasteiger partial charge in [0.15, 0.2) is 6.29 Å². The number of ether oxygens (including phenoxy) is 4. The van der Waals surface area contributed by atoms with Gasteiger partial charge in [-0.05, 0) is 36.5 Å². The van der Waals surface area contributed by atoms with Crippen LogP contribution in [0.25, 0.3) is 0 Å². The molecule has 0 amide bonds. The predicted molar refractivity (Wildman–Crippen MR) is 94.0 cm³/mol. The summed E-state index contributed by atoms with van der Waals surface area (Å²) in [6, 6.07) is 7.84. The number of aliphatic hydroxyl groups excluding tert-OH is 1. The number of benzene rings is 1. The second-order valence-corrected chi connectivity index (χ2v) is 6.24. The first kappa shape index (κ1) is 20.9. The average Bonchev–Trinajstić information content (AvgIpc) is 2.62. The van der Waals surface area contributed by atoms with Gasteiger partial charge in [-0.25, -0.2) is 0 Å². The van der Waals surface area contributed by atoms with E-state index < -0.39 is 0 Å². The van der Waals surface area contributed by atoms with E-state index >= 15 is 0 Å². The SMILES string of the molecule is COc1ccc(CO[C@H]([C@H](C)CO)[C@H](C)CCC(OC)OC)cc1. The zero-order valence-electron chi connectivity index (χ0n) is 15.5. The first-order chi connectivity index (χ1) is 11.5. The third kappa shape index (κ3) is 6.77. The number of methoxy groups -OCH3 is 3. The van der Waals surface area contributed by atoms with Crippen molar-refractivity contribution in [3.63, 3.8) is 0 Å². The fraction of sp³-hybridized carbons (Fsp3) is 0.684. The second-order valence-electron chi connectivity index (χ2n) is 6.24. The largest absolute Gasteiger partial charge is 0.497 e. The summed E-state index contributed by atoms with van der Waals surface area (Å²) in [6.45, 7) is 4.78.